The number of rotatable bonds is 3. The molecule has 0 radical (unpaired) electrons. The van der Waals surface area contributed by atoms with Crippen LogP contribution < -0.4 is 5.56 Å². The van der Waals surface area contributed by atoms with E-state index < -0.39 is 0 Å². The van der Waals surface area contributed by atoms with Gasteiger partial charge in [-0.15, -0.1) is 0 Å². The molecule has 0 aliphatic heterocycles. The number of hydrogen-bond donors (Lipinski definition) is 0. The third kappa shape index (κ3) is 2.28. The molecule has 0 fully saturated rings. The summed E-state index contributed by atoms with van der Waals surface area (Å²) < 4.78 is 1.36. The molecule has 0 N–H and O–H groups in total. The topological polar surface area (TPSA) is 52.0 Å². The smallest absolute Gasteiger partial charge is 0.279 e. The van der Waals surface area contributed by atoms with Gasteiger partial charge in [-0.25, -0.2) is 4.98 Å². The van der Waals surface area contributed by atoms with E-state index in [1.54, 1.807) is 7.05 Å². The third-order valence-electron chi connectivity index (χ3n) is 1.87. The maximum atomic E-state index is 11.6. The van der Waals surface area contributed by atoms with E-state index in [9.17, 15) is 9.59 Å². The number of ketones is 1. The third-order valence-corrected chi connectivity index (χ3v) is 1.87. The Balaban J connectivity index is 3.02. The highest BCUT2D eigenvalue weighted by Gasteiger charge is 2.13. The van der Waals surface area contributed by atoms with Crippen LogP contribution in [0.25, 0.3) is 0 Å². The first-order chi connectivity index (χ1) is 6.52. The minimum atomic E-state index is -0.321. The summed E-state index contributed by atoms with van der Waals surface area (Å²) in [7, 11) is 1.61. The van der Waals surface area contributed by atoms with Crippen LogP contribution >= 0.6 is 0 Å². The normalized spacial score (nSPS) is 10.6. The van der Waals surface area contributed by atoms with E-state index in [4.69, 9.17) is 0 Å². The summed E-state index contributed by atoms with van der Waals surface area (Å²) in [5, 5.41) is 0. The molecule has 0 bridgehead atoms. The summed E-state index contributed by atoms with van der Waals surface area (Å²) in [6.45, 7) is 3.87. The largest absolute Gasteiger partial charge is 0.315 e. The number of nitrogens with zero attached hydrogens (tertiary/aromatic N) is 2. The minimum Gasteiger partial charge on any atom is -0.315 e. The Bertz CT molecular complexity index is 393. The highest BCUT2D eigenvalue weighted by Crippen LogP contribution is 2.03. The van der Waals surface area contributed by atoms with Crippen molar-refractivity contribution >= 4 is 5.78 Å². The Kier molecular flexibility index (Phi) is 3.17. The first-order valence-corrected chi connectivity index (χ1v) is 4.57. The van der Waals surface area contributed by atoms with Crippen LogP contribution in [0.2, 0.25) is 0 Å². The second-order valence-corrected chi connectivity index (χ2v) is 3.71. The molecule has 0 unspecified atom stereocenters. The first kappa shape index (κ1) is 10.6. The van der Waals surface area contributed by atoms with Crippen LogP contribution in [0.4, 0.5) is 0 Å². The Morgan fingerprint density at radius 2 is 2.21 bits per heavy atom. The summed E-state index contributed by atoms with van der Waals surface area (Å²) in [5.41, 5.74) is -0.276. The van der Waals surface area contributed by atoms with Gasteiger partial charge in [0.25, 0.3) is 5.56 Å². The van der Waals surface area contributed by atoms with Crippen LogP contribution in [0.5, 0.6) is 0 Å². The quantitative estimate of drug-likeness (QED) is 0.675. The van der Waals surface area contributed by atoms with Gasteiger partial charge in [-0.1, -0.05) is 13.8 Å². The second kappa shape index (κ2) is 4.17. The Labute approximate surface area is 82.6 Å². The van der Waals surface area contributed by atoms with Gasteiger partial charge in [0.05, 0.1) is 0 Å². The summed E-state index contributed by atoms with van der Waals surface area (Å²) >= 11 is 0. The SMILES string of the molecule is CC(C)CC(=O)c1nccn(C)c1=O. The van der Waals surface area contributed by atoms with Gasteiger partial charge in [-0.05, 0) is 5.92 Å². The van der Waals surface area contributed by atoms with Crippen molar-refractivity contribution in [2.24, 2.45) is 13.0 Å². The molecule has 14 heavy (non-hydrogen) atoms. The molecule has 1 rings (SSSR count). The summed E-state index contributed by atoms with van der Waals surface area (Å²) in [6.07, 6.45) is 3.37. The molecule has 1 heterocycles. The van der Waals surface area contributed by atoms with Crippen molar-refractivity contribution in [2.45, 2.75) is 20.3 Å². The summed E-state index contributed by atoms with van der Waals surface area (Å²) in [6, 6.07) is 0. The van der Waals surface area contributed by atoms with Crippen molar-refractivity contribution in [3.63, 3.8) is 0 Å². The van der Waals surface area contributed by atoms with E-state index in [1.165, 1.54) is 17.0 Å². The van der Waals surface area contributed by atoms with E-state index in [2.05, 4.69) is 4.98 Å². The fourth-order valence-corrected chi connectivity index (χ4v) is 1.16. The highest BCUT2D eigenvalue weighted by molar-refractivity contribution is 5.93. The number of aromatic nitrogens is 2. The van der Waals surface area contributed by atoms with Gasteiger partial charge in [0.1, 0.15) is 0 Å². The lowest BCUT2D eigenvalue weighted by Gasteiger charge is -2.03. The average Bonchev–Trinajstić information content (AvgIpc) is 2.08. The van der Waals surface area contributed by atoms with Crippen molar-refractivity contribution in [3.05, 3.63) is 28.4 Å². The second-order valence-electron chi connectivity index (χ2n) is 3.71. The van der Waals surface area contributed by atoms with Crippen LogP contribution in [0, 0.1) is 5.92 Å². The fraction of sp³-hybridized carbons (Fsp3) is 0.500. The van der Waals surface area contributed by atoms with Crippen molar-refractivity contribution < 1.29 is 4.79 Å². The fourth-order valence-electron chi connectivity index (χ4n) is 1.16. The van der Waals surface area contributed by atoms with Gasteiger partial charge in [0.15, 0.2) is 11.5 Å². The number of hydrogen-bond acceptors (Lipinski definition) is 3. The van der Waals surface area contributed by atoms with Crippen LogP contribution in [-0.2, 0) is 7.05 Å². The standard InChI is InChI=1S/C10H14N2O2/c1-7(2)6-8(13)9-10(14)12(3)5-4-11-9/h4-5,7H,6H2,1-3H3. The first-order valence-electron chi connectivity index (χ1n) is 4.57. The minimum absolute atomic E-state index is 0.0451. The summed E-state index contributed by atoms with van der Waals surface area (Å²) in [5.74, 6) is 0.0652. The number of aryl methyl sites for hydroxylation is 1. The molecule has 0 amide bonds. The molecule has 76 valence electrons. The Hall–Kier alpha value is -1.45. The van der Waals surface area contributed by atoms with Crippen LogP contribution in [-0.4, -0.2) is 15.3 Å². The van der Waals surface area contributed by atoms with Crippen molar-refractivity contribution in [3.8, 4) is 0 Å². The van der Waals surface area contributed by atoms with Gasteiger partial charge >= 0.3 is 0 Å². The monoisotopic (exact) mass is 194 g/mol. The molecule has 1 aromatic heterocycles. The number of Topliss-reactive ketones (excluding diaryl/α,β-unsaturated/α-hetero) is 1. The summed E-state index contributed by atoms with van der Waals surface area (Å²) in [4.78, 5) is 26.8. The molecule has 4 nitrogen and oxygen atoms in total. The molecular weight excluding hydrogens is 180 g/mol. The predicted molar refractivity (Wildman–Crippen MR) is 53.3 cm³/mol. The average molecular weight is 194 g/mol. The van der Waals surface area contributed by atoms with Crippen molar-refractivity contribution in [2.75, 3.05) is 0 Å². The highest BCUT2D eigenvalue weighted by atomic mass is 16.1. The van der Waals surface area contributed by atoms with E-state index in [0.717, 1.165) is 0 Å². The van der Waals surface area contributed by atoms with E-state index in [0.29, 0.717) is 6.42 Å². The molecular formula is C10H14N2O2. The zero-order valence-corrected chi connectivity index (χ0v) is 8.65. The molecule has 0 spiro atoms. The van der Waals surface area contributed by atoms with Gasteiger partial charge < -0.3 is 4.57 Å². The van der Waals surface area contributed by atoms with Gasteiger partial charge in [-0.2, -0.15) is 0 Å². The molecule has 0 aliphatic carbocycles. The Morgan fingerprint density at radius 1 is 1.57 bits per heavy atom. The lowest BCUT2D eigenvalue weighted by molar-refractivity contribution is 0.0960. The van der Waals surface area contributed by atoms with Gasteiger partial charge in [0.2, 0.25) is 0 Å². The van der Waals surface area contributed by atoms with E-state index in [1.807, 2.05) is 13.8 Å². The lowest BCUT2D eigenvalue weighted by atomic mass is 10.1. The molecule has 0 saturated heterocycles. The molecule has 0 atom stereocenters. The van der Waals surface area contributed by atoms with Crippen molar-refractivity contribution in [1.82, 2.24) is 9.55 Å². The molecule has 4 heteroatoms. The van der Waals surface area contributed by atoms with Gasteiger partial charge in [-0.3, -0.25) is 9.59 Å². The maximum Gasteiger partial charge on any atom is 0.279 e. The van der Waals surface area contributed by atoms with E-state index in [-0.39, 0.29) is 23.0 Å². The molecule has 0 aromatic carbocycles. The molecule has 0 aliphatic rings. The number of carbonyl (C=O) groups excluding carboxylic acids is 1. The maximum absolute atomic E-state index is 11.6. The zero-order valence-electron chi connectivity index (χ0n) is 8.65. The van der Waals surface area contributed by atoms with Crippen LogP contribution in [0.1, 0.15) is 30.8 Å². The zero-order chi connectivity index (χ0) is 10.7. The van der Waals surface area contributed by atoms with Crippen LogP contribution in [0.3, 0.4) is 0 Å². The number of carbonyl (C=O) groups is 1. The Morgan fingerprint density at radius 3 is 2.79 bits per heavy atom. The van der Waals surface area contributed by atoms with Crippen LogP contribution in [0.15, 0.2) is 17.2 Å². The molecule has 0 saturated carbocycles. The van der Waals surface area contributed by atoms with E-state index >= 15 is 0 Å². The van der Waals surface area contributed by atoms with Crippen molar-refractivity contribution in [1.29, 1.82) is 0 Å². The predicted octanol–water partition coefficient (Wildman–Crippen LogP) is 1.01. The molecule has 1 aromatic rings. The van der Waals surface area contributed by atoms with Gasteiger partial charge in [0, 0.05) is 25.9 Å². The lowest BCUT2D eigenvalue weighted by Crippen LogP contribution is -2.25.